The number of carbonyl (C=O) groups excluding carboxylic acids is 1. The monoisotopic (exact) mass is 207 g/mol. The summed E-state index contributed by atoms with van der Waals surface area (Å²) in [6.45, 7) is 1.44. The molecule has 0 aliphatic carbocycles. The molecule has 0 saturated carbocycles. The van der Waals surface area contributed by atoms with Crippen LogP contribution in [0.4, 0.5) is 0 Å². The molecule has 0 bridgehead atoms. The van der Waals surface area contributed by atoms with Gasteiger partial charge in [0.25, 0.3) is 0 Å². The summed E-state index contributed by atoms with van der Waals surface area (Å²) in [5.41, 5.74) is 0. The molecule has 1 saturated heterocycles. The molecule has 1 heterocycles. The minimum atomic E-state index is 0.0375. The van der Waals surface area contributed by atoms with E-state index in [1.807, 2.05) is 0 Å². The number of nitrogens with one attached hydrogen (secondary N) is 1. The molecule has 1 amide bonds. The van der Waals surface area contributed by atoms with E-state index in [4.69, 9.17) is 4.74 Å². The van der Waals surface area contributed by atoms with Gasteiger partial charge in [-0.3, -0.25) is 4.79 Å². The topological polar surface area (TPSA) is 38.3 Å². The van der Waals surface area contributed by atoms with Crippen molar-refractivity contribution in [1.29, 1.82) is 0 Å². The van der Waals surface area contributed by atoms with Crippen LogP contribution in [0.1, 0.15) is 6.42 Å². The van der Waals surface area contributed by atoms with Crippen LogP contribution >= 0.6 is 15.9 Å². The van der Waals surface area contributed by atoms with Crippen molar-refractivity contribution in [2.24, 2.45) is 0 Å². The van der Waals surface area contributed by atoms with E-state index in [1.165, 1.54) is 0 Å². The second-order valence-electron chi connectivity index (χ2n) is 2.26. The van der Waals surface area contributed by atoms with Gasteiger partial charge in [-0.15, -0.1) is 0 Å². The smallest absolute Gasteiger partial charge is 0.230 e. The maximum atomic E-state index is 10.8. The van der Waals surface area contributed by atoms with E-state index in [1.54, 1.807) is 0 Å². The summed E-state index contributed by atoms with van der Waals surface area (Å²) in [5.74, 6) is 0.0375. The predicted molar refractivity (Wildman–Crippen MR) is 41.2 cm³/mol. The largest absolute Gasteiger partial charge is 0.379 e. The van der Waals surface area contributed by atoms with Gasteiger partial charge in [-0.25, -0.2) is 0 Å². The van der Waals surface area contributed by atoms with E-state index >= 15 is 0 Å². The van der Waals surface area contributed by atoms with Crippen molar-refractivity contribution >= 4 is 21.8 Å². The Balaban J connectivity index is 2.17. The SMILES string of the molecule is O=C(CBr)NC1CCOC1. The molecule has 1 N–H and O–H groups in total. The summed E-state index contributed by atoms with van der Waals surface area (Å²) >= 11 is 3.07. The molecule has 0 spiro atoms. The number of rotatable bonds is 2. The van der Waals surface area contributed by atoms with Gasteiger partial charge in [0.2, 0.25) is 5.91 Å². The van der Waals surface area contributed by atoms with E-state index in [0.717, 1.165) is 13.0 Å². The molecule has 0 aromatic rings. The van der Waals surface area contributed by atoms with Crippen LogP contribution in [0.25, 0.3) is 0 Å². The van der Waals surface area contributed by atoms with Crippen molar-refractivity contribution in [3.05, 3.63) is 0 Å². The zero-order valence-electron chi connectivity index (χ0n) is 5.60. The van der Waals surface area contributed by atoms with Crippen molar-refractivity contribution in [2.75, 3.05) is 18.5 Å². The molecule has 10 heavy (non-hydrogen) atoms. The third-order valence-corrected chi connectivity index (χ3v) is 1.93. The Labute approximate surface area is 68.3 Å². The number of amides is 1. The Hall–Kier alpha value is -0.0900. The highest BCUT2D eigenvalue weighted by Gasteiger charge is 2.16. The number of hydrogen-bond acceptors (Lipinski definition) is 2. The van der Waals surface area contributed by atoms with E-state index in [9.17, 15) is 4.79 Å². The molecule has 1 unspecified atom stereocenters. The molecule has 1 aliphatic heterocycles. The lowest BCUT2D eigenvalue weighted by atomic mass is 10.3. The number of alkyl halides is 1. The van der Waals surface area contributed by atoms with Gasteiger partial charge >= 0.3 is 0 Å². The van der Waals surface area contributed by atoms with E-state index in [2.05, 4.69) is 21.2 Å². The number of halogens is 1. The van der Waals surface area contributed by atoms with Gasteiger partial charge < -0.3 is 10.1 Å². The molecule has 0 aromatic heterocycles. The van der Waals surface area contributed by atoms with Gasteiger partial charge in [0.1, 0.15) is 0 Å². The fourth-order valence-corrected chi connectivity index (χ4v) is 1.08. The van der Waals surface area contributed by atoms with Crippen molar-refractivity contribution in [3.63, 3.8) is 0 Å². The van der Waals surface area contributed by atoms with Crippen molar-refractivity contribution in [2.45, 2.75) is 12.5 Å². The Morgan fingerprint density at radius 2 is 2.60 bits per heavy atom. The first-order valence-electron chi connectivity index (χ1n) is 3.26. The fourth-order valence-electron chi connectivity index (χ4n) is 0.915. The van der Waals surface area contributed by atoms with Gasteiger partial charge in [-0.2, -0.15) is 0 Å². The summed E-state index contributed by atoms with van der Waals surface area (Å²) in [6.07, 6.45) is 0.943. The molecular weight excluding hydrogens is 198 g/mol. The van der Waals surface area contributed by atoms with Crippen LogP contribution in [-0.4, -0.2) is 30.5 Å². The first kappa shape index (κ1) is 8.01. The minimum absolute atomic E-state index is 0.0375. The Morgan fingerprint density at radius 3 is 3.10 bits per heavy atom. The van der Waals surface area contributed by atoms with Crippen LogP contribution in [-0.2, 0) is 9.53 Å². The first-order valence-corrected chi connectivity index (χ1v) is 4.38. The van der Waals surface area contributed by atoms with Crippen LogP contribution in [0.3, 0.4) is 0 Å². The van der Waals surface area contributed by atoms with Crippen molar-refractivity contribution in [3.8, 4) is 0 Å². The first-order chi connectivity index (χ1) is 4.83. The van der Waals surface area contributed by atoms with Gasteiger partial charge in [0.05, 0.1) is 18.0 Å². The standard InChI is InChI=1S/C6H10BrNO2/c7-3-6(9)8-5-1-2-10-4-5/h5H,1-4H2,(H,8,9). The lowest BCUT2D eigenvalue weighted by molar-refractivity contribution is -0.119. The van der Waals surface area contributed by atoms with E-state index in [0.29, 0.717) is 11.9 Å². The second kappa shape index (κ2) is 3.93. The van der Waals surface area contributed by atoms with Crippen molar-refractivity contribution < 1.29 is 9.53 Å². The molecule has 1 aliphatic rings. The third-order valence-electron chi connectivity index (χ3n) is 1.42. The average Bonchev–Trinajstić information content (AvgIpc) is 2.40. The molecule has 1 rings (SSSR count). The molecule has 1 fully saturated rings. The predicted octanol–water partition coefficient (Wildman–Crippen LogP) is 0.286. The Kier molecular flexibility index (Phi) is 3.15. The molecule has 58 valence electrons. The zero-order chi connectivity index (χ0) is 7.40. The molecular formula is C6H10BrNO2. The third kappa shape index (κ3) is 2.27. The Bertz CT molecular complexity index is 123. The van der Waals surface area contributed by atoms with E-state index in [-0.39, 0.29) is 11.9 Å². The lowest BCUT2D eigenvalue weighted by Gasteiger charge is -2.07. The van der Waals surface area contributed by atoms with Crippen LogP contribution in [0, 0.1) is 0 Å². The molecule has 0 aromatic carbocycles. The van der Waals surface area contributed by atoms with Gasteiger partial charge in [0, 0.05) is 6.61 Å². The summed E-state index contributed by atoms with van der Waals surface area (Å²) in [4.78, 5) is 10.8. The summed E-state index contributed by atoms with van der Waals surface area (Å²) < 4.78 is 5.07. The summed E-state index contributed by atoms with van der Waals surface area (Å²) in [7, 11) is 0. The maximum absolute atomic E-state index is 10.8. The number of carbonyl (C=O) groups is 1. The van der Waals surface area contributed by atoms with Crippen LogP contribution in [0.5, 0.6) is 0 Å². The fraction of sp³-hybridized carbons (Fsp3) is 0.833. The lowest BCUT2D eigenvalue weighted by Crippen LogP contribution is -2.35. The van der Waals surface area contributed by atoms with E-state index < -0.39 is 0 Å². The van der Waals surface area contributed by atoms with Crippen LogP contribution in [0.15, 0.2) is 0 Å². The summed E-state index contributed by atoms with van der Waals surface area (Å²) in [6, 6.07) is 0.241. The van der Waals surface area contributed by atoms with Crippen molar-refractivity contribution in [1.82, 2.24) is 5.32 Å². The maximum Gasteiger partial charge on any atom is 0.230 e. The Morgan fingerprint density at radius 1 is 1.80 bits per heavy atom. The normalized spacial score (nSPS) is 24.7. The van der Waals surface area contributed by atoms with Crippen LogP contribution < -0.4 is 5.32 Å². The quantitative estimate of drug-likeness (QED) is 0.662. The highest BCUT2D eigenvalue weighted by atomic mass is 79.9. The van der Waals surface area contributed by atoms with Gasteiger partial charge in [0.15, 0.2) is 0 Å². The highest BCUT2D eigenvalue weighted by Crippen LogP contribution is 2.02. The molecule has 1 atom stereocenters. The molecule has 0 radical (unpaired) electrons. The second-order valence-corrected chi connectivity index (χ2v) is 2.82. The number of ether oxygens (including phenoxy) is 1. The molecule has 4 heteroatoms. The minimum Gasteiger partial charge on any atom is -0.379 e. The molecule has 3 nitrogen and oxygen atoms in total. The summed E-state index contributed by atoms with van der Waals surface area (Å²) in [5, 5.41) is 3.20. The van der Waals surface area contributed by atoms with Gasteiger partial charge in [-0.1, -0.05) is 15.9 Å². The van der Waals surface area contributed by atoms with Crippen LogP contribution in [0.2, 0.25) is 0 Å². The zero-order valence-corrected chi connectivity index (χ0v) is 7.19. The number of hydrogen-bond donors (Lipinski definition) is 1. The average molecular weight is 208 g/mol. The highest BCUT2D eigenvalue weighted by molar-refractivity contribution is 9.09. The van der Waals surface area contributed by atoms with Gasteiger partial charge in [-0.05, 0) is 6.42 Å².